The van der Waals surface area contributed by atoms with Crippen molar-refractivity contribution in [1.29, 1.82) is 0 Å². The summed E-state index contributed by atoms with van der Waals surface area (Å²) in [7, 11) is 0. The van der Waals surface area contributed by atoms with Crippen molar-refractivity contribution in [3.8, 4) is 0 Å². The highest BCUT2D eigenvalue weighted by atomic mass is 19.4. The van der Waals surface area contributed by atoms with Crippen molar-refractivity contribution in [3.05, 3.63) is 0 Å². The summed E-state index contributed by atoms with van der Waals surface area (Å²) >= 11 is 0. The molecule has 0 heterocycles. The lowest BCUT2D eigenvalue weighted by molar-refractivity contribution is -0.138. The van der Waals surface area contributed by atoms with Crippen LogP contribution in [-0.2, 0) is 4.79 Å². The van der Waals surface area contributed by atoms with Crippen LogP contribution in [0.2, 0.25) is 5.82 Å². The highest BCUT2D eigenvalue weighted by Crippen LogP contribution is 2.62. The lowest BCUT2D eigenvalue weighted by atomic mass is 9.45. The maximum Gasteiger partial charge on any atom is 0.482 e. The van der Waals surface area contributed by atoms with Gasteiger partial charge in [0.15, 0.2) is 0 Å². The zero-order chi connectivity index (χ0) is 9.69. The van der Waals surface area contributed by atoms with Crippen molar-refractivity contribution in [2.45, 2.75) is 37.9 Å². The molecule has 0 aliphatic heterocycles. The zero-order valence-corrected chi connectivity index (χ0v) is 7.23. The topological polar surface area (TPSA) is 17.1 Å². The molecule has 1 nitrogen and oxygen atoms in total. The van der Waals surface area contributed by atoms with Gasteiger partial charge in [-0.1, -0.05) is 18.7 Å². The number of halogens is 3. The highest BCUT2D eigenvalue weighted by molar-refractivity contribution is 6.62. The Kier molecular flexibility index (Phi) is 1.76. The van der Waals surface area contributed by atoms with Gasteiger partial charge < -0.3 is 12.9 Å². The predicted octanol–water partition coefficient (Wildman–Crippen LogP) is 2.74. The van der Waals surface area contributed by atoms with E-state index in [1.165, 1.54) is 0 Å². The van der Waals surface area contributed by atoms with Crippen LogP contribution in [0, 0.1) is 5.41 Å². The van der Waals surface area contributed by atoms with Crippen molar-refractivity contribution in [1.82, 2.24) is 0 Å². The highest BCUT2D eigenvalue weighted by Gasteiger charge is 2.61. The van der Waals surface area contributed by atoms with Crippen LogP contribution in [0.4, 0.5) is 12.9 Å². The lowest BCUT2D eigenvalue weighted by Crippen LogP contribution is -2.52. The second kappa shape index (κ2) is 2.52. The lowest BCUT2D eigenvalue weighted by Gasteiger charge is -2.50. The monoisotopic (exact) mass is 191 g/mol. The molecule has 0 aromatic heterocycles. The van der Waals surface area contributed by atoms with Gasteiger partial charge in [0.2, 0.25) is 0 Å². The molecule has 0 aromatic carbocycles. The van der Waals surface area contributed by atoms with E-state index in [0.29, 0.717) is 12.8 Å². The van der Waals surface area contributed by atoms with E-state index in [9.17, 15) is 17.7 Å². The molecule has 2 rings (SSSR count). The van der Waals surface area contributed by atoms with E-state index >= 15 is 0 Å². The molecular formula is C8H11BF3O-. The van der Waals surface area contributed by atoms with E-state index < -0.39 is 18.2 Å². The van der Waals surface area contributed by atoms with Crippen LogP contribution in [0.1, 0.15) is 32.1 Å². The third-order valence-corrected chi connectivity index (χ3v) is 3.62. The average Bonchev–Trinajstić information content (AvgIpc) is 2.48. The quantitative estimate of drug-likeness (QED) is 0.582. The molecule has 0 aromatic rings. The summed E-state index contributed by atoms with van der Waals surface area (Å²) in [5.41, 5.74) is -0.960. The van der Waals surface area contributed by atoms with Crippen LogP contribution >= 0.6 is 0 Å². The number of carbonyl (C=O) groups is 1. The Morgan fingerprint density at radius 2 is 1.77 bits per heavy atom. The molecule has 13 heavy (non-hydrogen) atoms. The maximum absolute atomic E-state index is 12.5. The molecule has 5 heteroatoms. The molecule has 2 fully saturated rings. The van der Waals surface area contributed by atoms with Crippen LogP contribution in [0.5, 0.6) is 0 Å². The van der Waals surface area contributed by atoms with E-state index in [4.69, 9.17) is 0 Å². The number of rotatable bonds is 1. The first-order chi connectivity index (χ1) is 5.97. The molecule has 0 amide bonds. The van der Waals surface area contributed by atoms with Gasteiger partial charge in [0, 0.05) is 5.41 Å². The minimum Gasteiger partial charge on any atom is -0.449 e. The number of carbonyl (C=O) groups excluding carboxylic acids is 1. The number of ketones is 1. The minimum absolute atomic E-state index is 0.144. The normalized spacial score (nSPS) is 32.2. The fourth-order valence-corrected chi connectivity index (χ4v) is 2.82. The van der Waals surface area contributed by atoms with Crippen LogP contribution in [0.15, 0.2) is 0 Å². The van der Waals surface area contributed by atoms with E-state index in [1.807, 2.05) is 0 Å². The van der Waals surface area contributed by atoms with Crippen molar-refractivity contribution in [2.24, 2.45) is 5.41 Å². The van der Waals surface area contributed by atoms with Crippen molar-refractivity contribution in [2.75, 3.05) is 0 Å². The Labute approximate surface area is 74.7 Å². The largest absolute Gasteiger partial charge is 0.482 e. The van der Waals surface area contributed by atoms with Gasteiger partial charge in [0.05, 0.1) is 0 Å². The van der Waals surface area contributed by atoms with E-state index in [-0.39, 0.29) is 12.2 Å². The molecule has 0 N–H and O–H groups in total. The second-order valence-corrected chi connectivity index (χ2v) is 4.22. The summed E-state index contributed by atoms with van der Waals surface area (Å²) in [5, 5.41) is 0. The average molecular weight is 191 g/mol. The first kappa shape index (κ1) is 9.09. The fraction of sp³-hybridized carbons (Fsp3) is 0.875. The summed E-state index contributed by atoms with van der Waals surface area (Å²) in [6.07, 6.45) is 2.27. The Bertz CT molecular complexity index is 242. The van der Waals surface area contributed by atoms with Gasteiger partial charge in [0.1, 0.15) is 5.78 Å². The third kappa shape index (κ3) is 1.12. The SMILES string of the molecule is O=C1CC([B-](F)(F)F)C12CCCC2. The van der Waals surface area contributed by atoms with E-state index in [0.717, 1.165) is 12.8 Å². The second-order valence-electron chi connectivity index (χ2n) is 4.22. The Hall–Kier alpha value is -0.475. The first-order valence-corrected chi connectivity index (χ1v) is 4.70. The summed E-state index contributed by atoms with van der Waals surface area (Å²) < 4.78 is 37.4. The van der Waals surface area contributed by atoms with Crippen LogP contribution < -0.4 is 0 Å². The molecule has 74 valence electrons. The summed E-state index contributed by atoms with van der Waals surface area (Å²) in [6, 6.07) is 0. The van der Waals surface area contributed by atoms with Gasteiger partial charge in [0.25, 0.3) is 0 Å². The Morgan fingerprint density at radius 3 is 2.15 bits per heavy atom. The van der Waals surface area contributed by atoms with Crippen LogP contribution in [0.25, 0.3) is 0 Å². The van der Waals surface area contributed by atoms with Gasteiger partial charge in [-0.3, -0.25) is 4.79 Å². The van der Waals surface area contributed by atoms with Gasteiger partial charge in [-0.05, 0) is 19.3 Å². The summed E-state index contributed by atoms with van der Waals surface area (Å²) in [5.74, 6) is -1.42. The van der Waals surface area contributed by atoms with Crippen molar-refractivity contribution >= 4 is 12.8 Å². The van der Waals surface area contributed by atoms with Gasteiger partial charge >= 0.3 is 6.98 Å². The van der Waals surface area contributed by atoms with Gasteiger partial charge in [-0.25, -0.2) is 0 Å². The predicted molar refractivity (Wildman–Crippen MR) is 43.4 cm³/mol. The van der Waals surface area contributed by atoms with E-state index in [2.05, 4.69) is 0 Å². The van der Waals surface area contributed by atoms with Gasteiger partial charge in [-0.15, -0.1) is 0 Å². The van der Waals surface area contributed by atoms with Crippen LogP contribution in [-0.4, -0.2) is 12.8 Å². The summed E-state index contributed by atoms with van der Waals surface area (Å²) in [6.45, 7) is -4.80. The molecule has 0 bridgehead atoms. The molecular weight excluding hydrogens is 180 g/mol. The minimum atomic E-state index is -4.80. The molecule has 0 radical (unpaired) electrons. The molecule has 1 spiro atoms. The molecule has 1 unspecified atom stereocenters. The molecule has 0 saturated heterocycles. The first-order valence-electron chi connectivity index (χ1n) is 4.70. The van der Waals surface area contributed by atoms with Crippen molar-refractivity contribution < 1.29 is 17.7 Å². The number of hydrogen-bond acceptors (Lipinski definition) is 1. The summed E-state index contributed by atoms with van der Waals surface area (Å²) in [4.78, 5) is 11.2. The standard InChI is InChI=1S/C8H11BF3O/c10-9(11,12)6-5-7(13)8(6)3-1-2-4-8/h6H,1-5H2/q-1. The van der Waals surface area contributed by atoms with Crippen molar-refractivity contribution in [3.63, 3.8) is 0 Å². The van der Waals surface area contributed by atoms with E-state index in [1.54, 1.807) is 0 Å². The Morgan fingerprint density at radius 1 is 1.23 bits per heavy atom. The fourth-order valence-electron chi connectivity index (χ4n) is 2.82. The molecule has 2 aliphatic rings. The molecule has 2 aliphatic carbocycles. The Balaban J connectivity index is 2.21. The van der Waals surface area contributed by atoms with Crippen LogP contribution in [0.3, 0.4) is 0 Å². The third-order valence-electron chi connectivity index (χ3n) is 3.62. The maximum atomic E-state index is 12.5. The smallest absolute Gasteiger partial charge is 0.449 e. The molecule has 2 saturated carbocycles. The van der Waals surface area contributed by atoms with Gasteiger partial charge in [-0.2, -0.15) is 0 Å². The number of Topliss-reactive ketones (excluding diaryl/α,β-unsaturated/α-hetero) is 1. The number of hydrogen-bond donors (Lipinski definition) is 0. The molecule has 1 atom stereocenters. The zero-order valence-electron chi connectivity index (χ0n) is 7.23.